The highest BCUT2D eigenvalue weighted by atomic mass is 35.5. The van der Waals surface area contributed by atoms with Gasteiger partial charge in [0.05, 0.1) is 6.54 Å². The molecule has 0 unspecified atom stereocenters. The highest BCUT2D eigenvalue weighted by Gasteiger charge is 2.09. The molecule has 1 aromatic heterocycles. The Morgan fingerprint density at radius 2 is 1.61 bits per heavy atom. The van der Waals surface area contributed by atoms with Crippen molar-refractivity contribution in [1.29, 1.82) is 0 Å². The Kier molecular flexibility index (Phi) is 4.88. The number of hydrogen-bond donors (Lipinski definition) is 0. The van der Waals surface area contributed by atoms with E-state index >= 15 is 0 Å². The molecule has 0 aliphatic carbocycles. The Balaban J connectivity index is 1.89. The minimum atomic E-state index is 0.222. The molecule has 0 radical (unpaired) electrons. The number of benzene rings is 2. The van der Waals surface area contributed by atoms with E-state index in [0.29, 0.717) is 6.54 Å². The van der Waals surface area contributed by atoms with E-state index in [1.807, 2.05) is 71.6 Å². The average molecular weight is 320 g/mol. The number of anilines is 2. The summed E-state index contributed by atoms with van der Waals surface area (Å²) in [6, 6.07) is 21.7. The van der Waals surface area contributed by atoms with Gasteiger partial charge in [0, 0.05) is 17.4 Å². The second-order valence-electron chi connectivity index (χ2n) is 4.77. The molecule has 0 spiro atoms. The van der Waals surface area contributed by atoms with Gasteiger partial charge >= 0.3 is 0 Å². The molecule has 0 bridgehead atoms. The number of aromatic nitrogens is 2. The second kappa shape index (κ2) is 7.44. The van der Waals surface area contributed by atoms with E-state index in [9.17, 15) is 0 Å². The molecule has 0 aliphatic heterocycles. The van der Waals surface area contributed by atoms with E-state index in [1.165, 1.54) is 0 Å². The summed E-state index contributed by atoms with van der Waals surface area (Å²) in [6.45, 7) is 0.506. The van der Waals surface area contributed by atoms with Gasteiger partial charge in [0.1, 0.15) is 5.82 Å². The number of nitrogens with zero attached hydrogens (tertiary/aromatic N) is 3. The maximum atomic E-state index is 5.92. The predicted octanol–water partition coefficient (Wildman–Crippen LogP) is 4.32. The summed E-state index contributed by atoms with van der Waals surface area (Å²) in [5.74, 6) is 7.07. The van der Waals surface area contributed by atoms with Crippen molar-refractivity contribution in [3.8, 4) is 11.8 Å². The standard InChI is InChI=1S/C19H14ClN3/c20-19-21-14-13-18(22-19)23(17-11-5-2-6-12-17)15-7-10-16-8-3-1-4-9-16/h1-6,8-9,11-14H,15H2. The highest BCUT2D eigenvalue weighted by Crippen LogP contribution is 2.23. The van der Waals surface area contributed by atoms with Crippen LogP contribution in [0.3, 0.4) is 0 Å². The summed E-state index contributed by atoms with van der Waals surface area (Å²) >= 11 is 5.92. The summed E-state index contributed by atoms with van der Waals surface area (Å²) < 4.78 is 0. The molecule has 0 fully saturated rings. The molecule has 0 saturated heterocycles. The fraction of sp³-hybridized carbons (Fsp3) is 0.0526. The van der Waals surface area contributed by atoms with Crippen molar-refractivity contribution in [2.24, 2.45) is 0 Å². The molecule has 112 valence electrons. The van der Waals surface area contributed by atoms with Crippen molar-refractivity contribution in [2.45, 2.75) is 0 Å². The van der Waals surface area contributed by atoms with Gasteiger partial charge in [0.2, 0.25) is 5.28 Å². The van der Waals surface area contributed by atoms with E-state index < -0.39 is 0 Å². The van der Waals surface area contributed by atoms with Crippen LogP contribution in [-0.4, -0.2) is 16.5 Å². The van der Waals surface area contributed by atoms with Crippen LogP contribution in [0.25, 0.3) is 0 Å². The van der Waals surface area contributed by atoms with Crippen LogP contribution in [-0.2, 0) is 0 Å². The summed E-state index contributed by atoms with van der Waals surface area (Å²) in [4.78, 5) is 10.2. The summed E-state index contributed by atoms with van der Waals surface area (Å²) in [5.41, 5.74) is 1.99. The summed E-state index contributed by atoms with van der Waals surface area (Å²) in [5, 5.41) is 0.222. The number of para-hydroxylation sites is 1. The van der Waals surface area contributed by atoms with Crippen LogP contribution in [0.4, 0.5) is 11.5 Å². The van der Waals surface area contributed by atoms with E-state index in [-0.39, 0.29) is 5.28 Å². The van der Waals surface area contributed by atoms with E-state index in [4.69, 9.17) is 11.6 Å². The van der Waals surface area contributed by atoms with Crippen molar-refractivity contribution in [3.63, 3.8) is 0 Å². The van der Waals surface area contributed by atoms with Crippen molar-refractivity contribution < 1.29 is 0 Å². The molecule has 3 rings (SSSR count). The summed E-state index contributed by atoms with van der Waals surface area (Å²) in [7, 11) is 0. The van der Waals surface area contributed by atoms with Gasteiger partial charge < -0.3 is 4.90 Å². The first-order valence-corrected chi connectivity index (χ1v) is 7.56. The molecule has 0 amide bonds. The molecular weight excluding hydrogens is 306 g/mol. The van der Waals surface area contributed by atoms with Crippen LogP contribution in [0, 0.1) is 11.8 Å². The lowest BCUT2D eigenvalue weighted by molar-refractivity contribution is 1.04. The van der Waals surface area contributed by atoms with Crippen molar-refractivity contribution in [2.75, 3.05) is 11.4 Å². The fourth-order valence-electron chi connectivity index (χ4n) is 2.13. The van der Waals surface area contributed by atoms with Crippen LogP contribution in [0.2, 0.25) is 5.28 Å². The second-order valence-corrected chi connectivity index (χ2v) is 5.11. The van der Waals surface area contributed by atoms with Crippen molar-refractivity contribution in [1.82, 2.24) is 9.97 Å². The largest absolute Gasteiger partial charge is 0.315 e. The van der Waals surface area contributed by atoms with Crippen LogP contribution >= 0.6 is 11.6 Å². The zero-order chi connectivity index (χ0) is 15.9. The van der Waals surface area contributed by atoms with Crippen LogP contribution in [0.1, 0.15) is 5.56 Å². The van der Waals surface area contributed by atoms with Gasteiger partial charge in [-0.15, -0.1) is 0 Å². The lowest BCUT2D eigenvalue weighted by atomic mass is 10.2. The molecule has 3 aromatic rings. The normalized spacial score (nSPS) is 9.78. The third kappa shape index (κ3) is 4.09. The molecular formula is C19H14ClN3. The van der Waals surface area contributed by atoms with E-state index in [0.717, 1.165) is 17.1 Å². The first-order valence-electron chi connectivity index (χ1n) is 7.18. The van der Waals surface area contributed by atoms with Gasteiger partial charge in [-0.25, -0.2) is 9.97 Å². The third-order valence-corrected chi connectivity index (χ3v) is 3.38. The smallest absolute Gasteiger partial charge is 0.224 e. The minimum absolute atomic E-state index is 0.222. The molecule has 0 N–H and O–H groups in total. The maximum absolute atomic E-state index is 5.92. The molecule has 4 heteroatoms. The van der Waals surface area contributed by atoms with E-state index in [2.05, 4.69) is 21.8 Å². The number of halogens is 1. The molecule has 23 heavy (non-hydrogen) atoms. The molecule has 3 nitrogen and oxygen atoms in total. The Hall–Kier alpha value is -2.83. The number of rotatable bonds is 3. The topological polar surface area (TPSA) is 29.0 Å². The first kappa shape index (κ1) is 15.1. The quantitative estimate of drug-likeness (QED) is 0.532. The predicted molar refractivity (Wildman–Crippen MR) is 93.8 cm³/mol. The first-order chi connectivity index (χ1) is 11.3. The van der Waals surface area contributed by atoms with Crippen molar-refractivity contribution in [3.05, 3.63) is 83.8 Å². The van der Waals surface area contributed by atoms with Crippen molar-refractivity contribution >= 4 is 23.1 Å². The van der Waals surface area contributed by atoms with Crippen LogP contribution in [0.15, 0.2) is 72.9 Å². The monoisotopic (exact) mass is 319 g/mol. The van der Waals surface area contributed by atoms with Gasteiger partial charge in [0.25, 0.3) is 0 Å². The summed E-state index contributed by atoms with van der Waals surface area (Å²) in [6.07, 6.45) is 1.64. The Morgan fingerprint density at radius 3 is 2.30 bits per heavy atom. The Labute approximate surface area is 140 Å². The lowest BCUT2D eigenvalue weighted by Crippen LogP contribution is -2.18. The minimum Gasteiger partial charge on any atom is -0.315 e. The zero-order valence-corrected chi connectivity index (χ0v) is 13.1. The Morgan fingerprint density at radius 1 is 0.913 bits per heavy atom. The van der Waals surface area contributed by atoms with Gasteiger partial charge in [-0.05, 0) is 41.9 Å². The zero-order valence-electron chi connectivity index (χ0n) is 12.4. The molecule has 2 aromatic carbocycles. The van der Waals surface area contributed by atoms with Gasteiger partial charge in [0.15, 0.2) is 0 Å². The maximum Gasteiger partial charge on any atom is 0.224 e. The molecule has 0 saturated carbocycles. The molecule has 1 heterocycles. The number of hydrogen-bond acceptors (Lipinski definition) is 3. The third-order valence-electron chi connectivity index (χ3n) is 3.20. The van der Waals surface area contributed by atoms with Gasteiger partial charge in [-0.1, -0.05) is 48.2 Å². The van der Waals surface area contributed by atoms with Crippen LogP contribution in [0.5, 0.6) is 0 Å². The van der Waals surface area contributed by atoms with E-state index in [1.54, 1.807) is 6.20 Å². The Bertz CT molecular complexity index is 823. The molecule has 0 aliphatic rings. The van der Waals surface area contributed by atoms with Gasteiger partial charge in [-0.3, -0.25) is 0 Å². The molecule has 0 atom stereocenters. The van der Waals surface area contributed by atoms with Crippen LogP contribution < -0.4 is 4.90 Å². The SMILES string of the molecule is Clc1nccc(N(CC#Cc2ccccc2)c2ccccc2)n1. The fourth-order valence-corrected chi connectivity index (χ4v) is 2.27. The lowest BCUT2D eigenvalue weighted by Gasteiger charge is -2.21. The highest BCUT2D eigenvalue weighted by molar-refractivity contribution is 6.28. The average Bonchev–Trinajstić information content (AvgIpc) is 2.60. The van der Waals surface area contributed by atoms with Gasteiger partial charge in [-0.2, -0.15) is 0 Å².